The minimum absolute atomic E-state index is 0.169. The van der Waals surface area contributed by atoms with Crippen LogP contribution in [-0.2, 0) is 19.1 Å². The van der Waals surface area contributed by atoms with Crippen molar-refractivity contribution < 1.29 is 19.1 Å². The van der Waals surface area contributed by atoms with Gasteiger partial charge in [0.1, 0.15) is 0 Å². The lowest BCUT2D eigenvalue weighted by atomic mass is 10.4. The molecule has 0 spiro atoms. The number of esters is 1. The first kappa shape index (κ1) is 11.2. The molecule has 1 aliphatic heterocycles. The van der Waals surface area contributed by atoms with E-state index in [9.17, 15) is 14.4 Å². The number of ether oxygens (including phenoxy) is 1. The molecule has 0 fully saturated rings. The van der Waals surface area contributed by atoms with Crippen LogP contribution >= 0.6 is 0 Å². The summed E-state index contributed by atoms with van der Waals surface area (Å²) in [5.74, 6) is -1.16. The molecule has 0 aromatic heterocycles. The number of rotatable bonds is 5. The van der Waals surface area contributed by atoms with Crippen LogP contribution in [0.5, 0.6) is 0 Å². The van der Waals surface area contributed by atoms with Crippen molar-refractivity contribution in [3.05, 3.63) is 24.8 Å². The third-order valence-corrected chi connectivity index (χ3v) is 1.84. The summed E-state index contributed by atoms with van der Waals surface area (Å²) in [4.78, 5) is 33.9. The van der Waals surface area contributed by atoms with Crippen LogP contribution in [0.4, 0.5) is 0 Å². The van der Waals surface area contributed by atoms with E-state index in [4.69, 9.17) is 4.74 Å². The number of amides is 2. The molecule has 0 radical (unpaired) electrons. The standard InChI is InChI=1S/C10H11NO4/c1-2-10(14)15-7-3-6-11-8(12)4-5-9(11)13/h2,4-5H,1,3,6-7H2. The quantitative estimate of drug-likeness (QED) is 0.277. The lowest BCUT2D eigenvalue weighted by Gasteiger charge is -2.12. The molecule has 0 aromatic rings. The molecule has 1 aliphatic rings. The van der Waals surface area contributed by atoms with Crippen LogP contribution in [0.1, 0.15) is 6.42 Å². The molecule has 0 N–H and O–H groups in total. The third-order valence-electron chi connectivity index (χ3n) is 1.84. The minimum atomic E-state index is -0.507. The monoisotopic (exact) mass is 209 g/mol. The number of nitrogens with zero attached hydrogens (tertiary/aromatic N) is 1. The molecule has 1 heterocycles. The fraction of sp³-hybridized carbons (Fsp3) is 0.300. The van der Waals surface area contributed by atoms with Gasteiger partial charge in [0.15, 0.2) is 0 Å². The Kier molecular flexibility index (Phi) is 3.79. The number of hydrogen-bond donors (Lipinski definition) is 0. The van der Waals surface area contributed by atoms with Gasteiger partial charge in [0.2, 0.25) is 0 Å². The van der Waals surface area contributed by atoms with Crippen LogP contribution in [-0.4, -0.2) is 35.8 Å². The fourth-order valence-electron chi connectivity index (χ4n) is 1.11. The van der Waals surface area contributed by atoms with E-state index in [1.54, 1.807) is 0 Å². The largest absolute Gasteiger partial charge is 0.462 e. The van der Waals surface area contributed by atoms with Crippen molar-refractivity contribution in [3.8, 4) is 0 Å². The second-order valence-corrected chi connectivity index (χ2v) is 2.89. The molecule has 0 bridgehead atoms. The summed E-state index contributed by atoms with van der Waals surface area (Å²) in [5, 5.41) is 0. The molecular formula is C10H11NO4. The Hall–Kier alpha value is -1.91. The summed E-state index contributed by atoms with van der Waals surface area (Å²) in [6.45, 7) is 3.67. The van der Waals surface area contributed by atoms with Crippen LogP contribution in [0.2, 0.25) is 0 Å². The number of carbonyl (C=O) groups excluding carboxylic acids is 3. The van der Waals surface area contributed by atoms with E-state index in [0.717, 1.165) is 11.0 Å². The predicted octanol–water partition coefficient (Wildman–Crippen LogP) is 0.0307. The Morgan fingerprint density at radius 2 is 2.00 bits per heavy atom. The van der Waals surface area contributed by atoms with Crippen LogP contribution in [0.3, 0.4) is 0 Å². The van der Waals surface area contributed by atoms with Gasteiger partial charge in [-0.2, -0.15) is 0 Å². The van der Waals surface area contributed by atoms with Crippen molar-refractivity contribution in [1.82, 2.24) is 4.90 Å². The Morgan fingerprint density at radius 1 is 1.40 bits per heavy atom. The molecule has 5 nitrogen and oxygen atoms in total. The lowest BCUT2D eigenvalue weighted by molar-refractivity contribution is -0.138. The van der Waals surface area contributed by atoms with Crippen LogP contribution in [0.15, 0.2) is 24.8 Å². The highest BCUT2D eigenvalue weighted by atomic mass is 16.5. The van der Waals surface area contributed by atoms with E-state index in [0.29, 0.717) is 6.42 Å². The second-order valence-electron chi connectivity index (χ2n) is 2.89. The summed E-state index contributed by atoms with van der Waals surface area (Å²) < 4.78 is 4.69. The number of imide groups is 1. The molecule has 0 aromatic carbocycles. The molecule has 0 saturated heterocycles. The van der Waals surface area contributed by atoms with Crippen LogP contribution < -0.4 is 0 Å². The molecule has 2 amide bonds. The maximum absolute atomic E-state index is 11.1. The average Bonchev–Trinajstić information content (AvgIpc) is 2.54. The smallest absolute Gasteiger partial charge is 0.330 e. The van der Waals surface area contributed by atoms with Gasteiger partial charge in [0.25, 0.3) is 11.8 Å². The molecule has 0 aliphatic carbocycles. The van der Waals surface area contributed by atoms with E-state index in [-0.39, 0.29) is 25.0 Å². The second kappa shape index (κ2) is 5.09. The maximum atomic E-state index is 11.1. The van der Waals surface area contributed by atoms with Crippen molar-refractivity contribution in [2.45, 2.75) is 6.42 Å². The Labute approximate surface area is 87.0 Å². The minimum Gasteiger partial charge on any atom is -0.462 e. The van der Waals surface area contributed by atoms with Crippen molar-refractivity contribution in [2.75, 3.05) is 13.2 Å². The van der Waals surface area contributed by atoms with Crippen molar-refractivity contribution in [3.63, 3.8) is 0 Å². The van der Waals surface area contributed by atoms with Crippen molar-refractivity contribution >= 4 is 17.8 Å². The Morgan fingerprint density at radius 3 is 2.53 bits per heavy atom. The zero-order valence-electron chi connectivity index (χ0n) is 8.14. The van der Waals surface area contributed by atoms with E-state index < -0.39 is 5.97 Å². The topological polar surface area (TPSA) is 63.7 Å². The molecule has 0 atom stereocenters. The lowest BCUT2D eigenvalue weighted by Crippen LogP contribution is -2.31. The van der Waals surface area contributed by atoms with Gasteiger partial charge in [0, 0.05) is 24.8 Å². The highest BCUT2D eigenvalue weighted by Crippen LogP contribution is 2.04. The van der Waals surface area contributed by atoms with Gasteiger partial charge in [-0.25, -0.2) is 4.79 Å². The van der Waals surface area contributed by atoms with Crippen LogP contribution in [0, 0.1) is 0 Å². The zero-order valence-corrected chi connectivity index (χ0v) is 8.14. The summed E-state index contributed by atoms with van der Waals surface area (Å²) in [7, 11) is 0. The van der Waals surface area contributed by atoms with Gasteiger partial charge >= 0.3 is 5.97 Å². The van der Waals surface area contributed by atoms with Gasteiger partial charge in [-0.3, -0.25) is 14.5 Å². The van der Waals surface area contributed by atoms with Crippen molar-refractivity contribution in [1.29, 1.82) is 0 Å². The Bertz CT molecular complexity index is 314. The van der Waals surface area contributed by atoms with E-state index in [1.807, 2.05) is 0 Å². The zero-order chi connectivity index (χ0) is 11.3. The molecular weight excluding hydrogens is 198 g/mol. The molecule has 1 rings (SSSR count). The summed E-state index contributed by atoms with van der Waals surface area (Å²) in [6, 6.07) is 0. The molecule has 15 heavy (non-hydrogen) atoms. The highest BCUT2D eigenvalue weighted by Gasteiger charge is 2.22. The first-order chi connectivity index (χ1) is 7.15. The fourth-order valence-corrected chi connectivity index (χ4v) is 1.11. The highest BCUT2D eigenvalue weighted by molar-refractivity contribution is 6.12. The molecule has 0 unspecified atom stereocenters. The van der Waals surface area contributed by atoms with Gasteiger partial charge in [-0.05, 0) is 6.42 Å². The molecule has 5 heteroatoms. The number of carbonyl (C=O) groups is 3. The van der Waals surface area contributed by atoms with Gasteiger partial charge in [0.05, 0.1) is 6.61 Å². The van der Waals surface area contributed by atoms with Gasteiger partial charge < -0.3 is 4.74 Å². The molecule has 80 valence electrons. The summed E-state index contributed by atoms with van der Waals surface area (Å²) in [5.41, 5.74) is 0. The first-order valence-corrected chi connectivity index (χ1v) is 4.48. The average molecular weight is 209 g/mol. The van der Waals surface area contributed by atoms with E-state index in [2.05, 4.69) is 6.58 Å². The SMILES string of the molecule is C=CC(=O)OCCCN1C(=O)C=CC1=O. The normalized spacial score (nSPS) is 14.5. The van der Waals surface area contributed by atoms with E-state index >= 15 is 0 Å². The molecule has 0 saturated carbocycles. The number of hydrogen-bond acceptors (Lipinski definition) is 4. The predicted molar refractivity (Wildman–Crippen MR) is 51.6 cm³/mol. The van der Waals surface area contributed by atoms with Gasteiger partial charge in [-0.15, -0.1) is 0 Å². The van der Waals surface area contributed by atoms with Gasteiger partial charge in [-0.1, -0.05) is 6.58 Å². The third kappa shape index (κ3) is 3.05. The van der Waals surface area contributed by atoms with E-state index in [1.165, 1.54) is 12.2 Å². The maximum Gasteiger partial charge on any atom is 0.330 e. The van der Waals surface area contributed by atoms with Crippen LogP contribution in [0.25, 0.3) is 0 Å². The first-order valence-electron chi connectivity index (χ1n) is 4.48. The Balaban J connectivity index is 2.21. The van der Waals surface area contributed by atoms with Crippen molar-refractivity contribution in [2.24, 2.45) is 0 Å². The summed E-state index contributed by atoms with van der Waals surface area (Å²) in [6.07, 6.45) is 3.93. The summed E-state index contributed by atoms with van der Waals surface area (Å²) >= 11 is 0.